The summed E-state index contributed by atoms with van der Waals surface area (Å²) in [5, 5.41) is 9.21. The molecule has 3 rings (SSSR count). The number of benzene rings is 1. The van der Waals surface area contributed by atoms with Gasteiger partial charge in [0.15, 0.2) is 0 Å². The van der Waals surface area contributed by atoms with Crippen LogP contribution in [-0.2, 0) is 0 Å². The molecule has 0 spiro atoms. The van der Waals surface area contributed by atoms with Crippen molar-refractivity contribution in [1.29, 1.82) is 5.26 Å². The molecule has 0 bridgehead atoms. The number of carbonyl (C=O) groups is 1. The van der Waals surface area contributed by atoms with Gasteiger partial charge in [0.25, 0.3) is 5.91 Å². The van der Waals surface area contributed by atoms with Crippen LogP contribution in [0, 0.1) is 11.3 Å². The molecule has 26 heavy (non-hydrogen) atoms. The Bertz CT molecular complexity index is 792. The third-order valence-electron chi connectivity index (χ3n) is 4.60. The fourth-order valence-electron chi connectivity index (χ4n) is 3.07. The minimum atomic E-state index is 0.0718. The monoisotopic (exact) mass is 366 g/mol. The SMILES string of the molecule is CSCCN1CCN(C(=O)c2ccc(-c3ncccc3C#N)cc2)CC1. The van der Waals surface area contributed by atoms with Gasteiger partial charge in [-0.05, 0) is 30.5 Å². The zero-order valence-corrected chi connectivity index (χ0v) is 15.7. The Balaban J connectivity index is 1.66. The number of hydrogen-bond donors (Lipinski definition) is 0. The molecule has 1 amide bonds. The number of thioether (sulfide) groups is 1. The molecule has 1 aliphatic rings. The lowest BCUT2D eigenvalue weighted by Crippen LogP contribution is -2.49. The number of nitriles is 1. The van der Waals surface area contributed by atoms with Gasteiger partial charge in [0.1, 0.15) is 6.07 Å². The van der Waals surface area contributed by atoms with Crippen molar-refractivity contribution in [3.63, 3.8) is 0 Å². The smallest absolute Gasteiger partial charge is 0.253 e. The van der Waals surface area contributed by atoms with E-state index in [-0.39, 0.29) is 5.91 Å². The maximum absolute atomic E-state index is 12.7. The van der Waals surface area contributed by atoms with E-state index in [4.69, 9.17) is 0 Å². The molecule has 5 nitrogen and oxygen atoms in total. The van der Waals surface area contributed by atoms with Gasteiger partial charge in [-0.2, -0.15) is 17.0 Å². The standard InChI is InChI=1S/C20H22N4OS/c1-26-14-13-23-9-11-24(12-10-23)20(25)17-6-4-16(5-7-17)19-18(15-21)3-2-8-22-19/h2-8H,9-14H2,1H3. The lowest BCUT2D eigenvalue weighted by atomic mass is 10.0. The molecular weight excluding hydrogens is 344 g/mol. The van der Waals surface area contributed by atoms with Gasteiger partial charge in [-0.25, -0.2) is 0 Å². The molecule has 6 heteroatoms. The highest BCUT2D eigenvalue weighted by Crippen LogP contribution is 2.21. The summed E-state index contributed by atoms with van der Waals surface area (Å²) in [5.41, 5.74) is 2.71. The van der Waals surface area contributed by atoms with Crippen molar-refractivity contribution in [2.45, 2.75) is 0 Å². The molecule has 0 atom stereocenters. The highest BCUT2D eigenvalue weighted by molar-refractivity contribution is 7.98. The molecule has 0 N–H and O–H groups in total. The van der Waals surface area contributed by atoms with E-state index in [1.807, 2.05) is 40.9 Å². The zero-order valence-electron chi connectivity index (χ0n) is 14.9. The Morgan fingerprint density at radius 1 is 1.19 bits per heavy atom. The van der Waals surface area contributed by atoms with Gasteiger partial charge in [0.2, 0.25) is 0 Å². The number of pyridine rings is 1. The van der Waals surface area contributed by atoms with Crippen LogP contribution in [0.1, 0.15) is 15.9 Å². The summed E-state index contributed by atoms with van der Waals surface area (Å²) in [6.45, 7) is 4.50. The van der Waals surface area contributed by atoms with Gasteiger partial charge in [0.05, 0.1) is 11.3 Å². The summed E-state index contributed by atoms with van der Waals surface area (Å²) in [4.78, 5) is 21.4. The van der Waals surface area contributed by atoms with Crippen molar-refractivity contribution in [2.24, 2.45) is 0 Å². The van der Waals surface area contributed by atoms with E-state index >= 15 is 0 Å². The number of nitrogens with zero attached hydrogens (tertiary/aromatic N) is 4. The lowest BCUT2D eigenvalue weighted by molar-refractivity contribution is 0.0644. The second kappa shape index (κ2) is 8.84. The van der Waals surface area contributed by atoms with Gasteiger partial charge < -0.3 is 4.90 Å². The first-order chi connectivity index (χ1) is 12.7. The van der Waals surface area contributed by atoms with E-state index < -0.39 is 0 Å². The number of amides is 1. The quantitative estimate of drug-likeness (QED) is 0.814. The van der Waals surface area contributed by atoms with E-state index in [0.29, 0.717) is 16.8 Å². The predicted molar refractivity (Wildman–Crippen MR) is 105 cm³/mol. The summed E-state index contributed by atoms with van der Waals surface area (Å²) in [6.07, 6.45) is 3.79. The molecule has 0 unspecified atom stereocenters. The Morgan fingerprint density at radius 3 is 2.58 bits per heavy atom. The molecule has 1 aromatic carbocycles. The molecule has 1 fully saturated rings. The van der Waals surface area contributed by atoms with E-state index in [0.717, 1.165) is 44.0 Å². The van der Waals surface area contributed by atoms with Crippen LogP contribution in [0.4, 0.5) is 0 Å². The number of aromatic nitrogens is 1. The van der Waals surface area contributed by atoms with Crippen LogP contribution in [0.25, 0.3) is 11.3 Å². The van der Waals surface area contributed by atoms with Crippen molar-refractivity contribution >= 4 is 17.7 Å². The highest BCUT2D eigenvalue weighted by Gasteiger charge is 2.21. The van der Waals surface area contributed by atoms with Crippen LogP contribution in [0.3, 0.4) is 0 Å². The van der Waals surface area contributed by atoms with Gasteiger partial charge in [-0.1, -0.05) is 12.1 Å². The van der Waals surface area contributed by atoms with Crippen molar-refractivity contribution in [1.82, 2.24) is 14.8 Å². The van der Waals surface area contributed by atoms with Crippen LogP contribution >= 0.6 is 11.8 Å². The normalized spacial score (nSPS) is 14.8. The predicted octanol–water partition coefficient (Wildman–Crippen LogP) is 2.74. The van der Waals surface area contributed by atoms with E-state index in [2.05, 4.69) is 22.2 Å². The average Bonchev–Trinajstić information content (AvgIpc) is 2.72. The lowest BCUT2D eigenvalue weighted by Gasteiger charge is -2.34. The van der Waals surface area contributed by atoms with Crippen LogP contribution in [0.5, 0.6) is 0 Å². The topological polar surface area (TPSA) is 60.2 Å². The van der Waals surface area contributed by atoms with Crippen LogP contribution in [0.15, 0.2) is 42.6 Å². The first-order valence-corrected chi connectivity index (χ1v) is 10.1. The highest BCUT2D eigenvalue weighted by atomic mass is 32.2. The first-order valence-electron chi connectivity index (χ1n) is 8.69. The summed E-state index contributed by atoms with van der Waals surface area (Å²) in [7, 11) is 0. The summed E-state index contributed by atoms with van der Waals surface area (Å²) < 4.78 is 0. The van der Waals surface area contributed by atoms with Crippen LogP contribution < -0.4 is 0 Å². The fourth-order valence-corrected chi connectivity index (χ4v) is 3.51. The molecule has 2 aromatic rings. The van der Waals surface area contributed by atoms with Crippen molar-refractivity contribution in [3.05, 3.63) is 53.7 Å². The van der Waals surface area contributed by atoms with E-state index in [1.54, 1.807) is 18.3 Å². The van der Waals surface area contributed by atoms with Gasteiger partial charge >= 0.3 is 0 Å². The molecule has 2 heterocycles. The molecule has 0 aliphatic carbocycles. The third-order valence-corrected chi connectivity index (χ3v) is 5.20. The van der Waals surface area contributed by atoms with Gasteiger partial charge in [-0.3, -0.25) is 14.7 Å². The largest absolute Gasteiger partial charge is 0.336 e. The zero-order chi connectivity index (χ0) is 18.4. The number of piperazine rings is 1. The molecule has 1 saturated heterocycles. The maximum Gasteiger partial charge on any atom is 0.253 e. The van der Waals surface area contributed by atoms with Crippen LogP contribution in [0.2, 0.25) is 0 Å². The van der Waals surface area contributed by atoms with E-state index in [1.165, 1.54) is 0 Å². The Kier molecular flexibility index (Phi) is 6.26. The first kappa shape index (κ1) is 18.4. The van der Waals surface area contributed by atoms with Crippen molar-refractivity contribution in [2.75, 3.05) is 44.7 Å². The number of rotatable bonds is 5. The summed E-state index contributed by atoms with van der Waals surface area (Å²) in [6, 6.07) is 13.0. The minimum absolute atomic E-state index is 0.0718. The van der Waals surface area contributed by atoms with E-state index in [9.17, 15) is 10.1 Å². The summed E-state index contributed by atoms with van der Waals surface area (Å²) >= 11 is 1.85. The molecule has 134 valence electrons. The van der Waals surface area contributed by atoms with Crippen molar-refractivity contribution < 1.29 is 4.79 Å². The fraction of sp³-hybridized carbons (Fsp3) is 0.350. The van der Waals surface area contributed by atoms with Crippen LogP contribution in [-0.4, -0.2) is 65.4 Å². The third kappa shape index (κ3) is 4.24. The number of carbonyl (C=O) groups excluding carboxylic acids is 1. The molecular formula is C20H22N4OS. The van der Waals surface area contributed by atoms with Crippen molar-refractivity contribution in [3.8, 4) is 17.3 Å². The number of hydrogen-bond acceptors (Lipinski definition) is 5. The summed E-state index contributed by atoms with van der Waals surface area (Å²) in [5.74, 6) is 1.20. The Morgan fingerprint density at radius 2 is 1.92 bits per heavy atom. The molecule has 0 radical (unpaired) electrons. The average molecular weight is 366 g/mol. The van der Waals surface area contributed by atoms with Gasteiger partial charge in [0, 0.05) is 55.8 Å². The maximum atomic E-state index is 12.7. The molecule has 1 aliphatic heterocycles. The second-order valence-corrected chi connectivity index (χ2v) is 7.20. The molecule has 0 saturated carbocycles. The minimum Gasteiger partial charge on any atom is -0.336 e. The Labute approximate surface area is 158 Å². The Hall–Kier alpha value is -2.36. The molecule has 1 aromatic heterocycles. The second-order valence-electron chi connectivity index (χ2n) is 6.22. The van der Waals surface area contributed by atoms with Gasteiger partial charge in [-0.15, -0.1) is 0 Å².